The van der Waals surface area contributed by atoms with E-state index in [0.717, 1.165) is 19.0 Å². The number of aromatic nitrogens is 1. The Morgan fingerprint density at radius 1 is 1.41 bits per heavy atom. The van der Waals surface area contributed by atoms with Gasteiger partial charge in [-0.2, -0.15) is 0 Å². The molecule has 0 saturated carbocycles. The van der Waals surface area contributed by atoms with Crippen molar-refractivity contribution < 1.29 is 0 Å². The summed E-state index contributed by atoms with van der Waals surface area (Å²) in [6.45, 7) is 3.98. The lowest BCUT2D eigenvalue weighted by Crippen LogP contribution is -2.40. The van der Waals surface area contributed by atoms with Crippen LogP contribution in [0.4, 0.5) is 0 Å². The highest BCUT2D eigenvalue weighted by molar-refractivity contribution is 14.0. The van der Waals surface area contributed by atoms with Crippen LogP contribution in [0.2, 0.25) is 0 Å². The molecule has 0 amide bonds. The van der Waals surface area contributed by atoms with Gasteiger partial charge in [0.2, 0.25) is 0 Å². The standard InChI is InChI=1S/C16H24N4S.HI/c1-13(15-8-6-10-21-15)11-18-16(17-2)20(4)12-14-7-5-9-19(14)3;/h5-10,13H,11-12H2,1-4H3,(H,17,18);1H. The first-order valence-electron chi connectivity index (χ1n) is 7.17. The third-order valence-electron chi connectivity index (χ3n) is 3.62. The molecule has 6 heteroatoms. The lowest BCUT2D eigenvalue weighted by atomic mass is 10.1. The molecule has 0 saturated heterocycles. The van der Waals surface area contributed by atoms with Crippen LogP contribution in [-0.2, 0) is 13.6 Å². The van der Waals surface area contributed by atoms with Crippen molar-refractivity contribution in [3.8, 4) is 0 Å². The fourth-order valence-electron chi connectivity index (χ4n) is 2.28. The largest absolute Gasteiger partial charge is 0.356 e. The summed E-state index contributed by atoms with van der Waals surface area (Å²) in [6, 6.07) is 8.50. The van der Waals surface area contributed by atoms with Crippen LogP contribution in [-0.4, -0.2) is 36.1 Å². The minimum atomic E-state index is 0. The maximum absolute atomic E-state index is 4.38. The molecule has 0 aliphatic heterocycles. The van der Waals surface area contributed by atoms with Crippen molar-refractivity contribution >= 4 is 41.3 Å². The van der Waals surface area contributed by atoms with Crippen molar-refractivity contribution in [1.29, 1.82) is 0 Å². The molecule has 1 atom stereocenters. The number of aliphatic imine (C=N–C) groups is 1. The lowest BCUT2D eigenvalue weighted by Gasteiger charge is -2.23. The van der Waals surface area contributed by atoms with Gasteiger partial charge in [0.1, 0.15) is 0 Å². The first-order chi connectivity index (χ1) is 10.1. The predicted molar refractivity (Wildman–Crippen MR) is 106 cm³/mol. The smallest absolute Gasteiger partial charge is 0.193 e. The normalized spacial score (nSPS) is 12.6. The second kappa shape index (κ2) is 9.19. The molecule has 0 fully saturated rings. The predicted octanol–water partition coefficient (Wildman–Crippen LogP) is 3.52. The molecule has 1 N–H and O–H groups in total. The van der Waals surface area contributed by atoms with E-state index in [9.17, 15) is 0 Å². The van der Waals surface area contributed by atoms with Crippen molar-refractivity contribution in [2.75, 3.05) is 20.6 Å². The molecule has 0 bridgehead atoms. The Balaban J connectivity index is 0.00000242. The molecule has 2 heterocycles. The summed E-state index contributed by atoms with van der Waals surface area (Å²) >= 11 is 1.81. The van der Waals surface area contributed by atoms with Gasteiger partial charge in [0.25, 0.3) is 0 Å². The van der Waals surface area contributed by atoms with Gasteiger partial charge in [-0.1, -0.05) is 13.0 Å². The molecular formula is C16H25IN4S. The maximum atomic E-state index is 4.38. The number of hydrogen-bond donors (Lipinski definition) is 1. The van der Waals surface area contributed by atoms with Crippen molar-refractivity contribution in [3.63, 3.8) is 0 Å². The van der Waals surface area contributed by atoms with Crippen LogP contribution in [0.3, 0.4) is 0 Å². The molecule has 4 nitrogen and oxygen atoms in total. The molecular weight excluding hydrogens is 407 g/mol. The van der Waals surface area contributed by atoms with E-state index in [1.54, 1.807) is 0 Å². The topological polar surface area (TPSA) is 32.6 Å². The van der Waals surface area contributed by atoms with Gasteiger partial charge < -0.3 is 14.8 Å². The molecule has 2 aromatic rings. The van der Waals surface area contributed by atoms with Crippen molar-refractivity contribution in [2.45, 2.75) is 19.4 Å². The van der Waals surface area contributed by atoms with Crippen LogP contribution < -0.4 is 5.32 Å². The summed E-state index contributed by atoms with van der Waals surface area (Å²) in [5.41, 5.74) is 1.27. The van der Waals surface area contributed by atoms with E-state index in [2.05, 4.69) is 76.6 Å². The molecule has 122 valence electrons. The van der Waals surface area contributed by atoms with E-state index in [1.165, 1.54) is 10.6 Å². The second-order valence-electron chi connectivity index (χ2n) is 5.31. The van der Waals surface area contributed by atoms with Crippen LogP contribution in [0.1, 0.15) is 23.4 Å². The zero-order valence-corrected chi connectivity index (χ0v) is 16.8. The van der Waals surface area contributed by atoms with Gasteiger partial charge in [-0.3, -0.25) is 4.99 Å². The number of nitrogens with zero attached hydrogens (tertiary/aromatic N) is 3. The highest BCUT2D eigenvalue weighted by atomic mass is 127. The first-order valence-corrected chi connectivity index (χ1v) is 8.05. The number of nitrogens with one attached hydrogen (secondary N) is 1. The van der Waals surface area contributed by atoms with Gasteiger partial charge in [0.15, 0.2) is 5.96 Å². The highest BCUT2D eigenvalue weighted by Crippen LogP contribution is 2.19. The van der Waals surface area contributed by atoms with E-state index < -0.39 is 0 Å². The summed E-state index contributed by atoms with van der Waals surface area (Å²) in [7, 11) is 5.97. The fourth-order valence-corrected chi connectivity index (χ4v) is 3.07. The molecule has 1 unspecified atom stereocenters. The third-order valence-corrected chi connectivity index (χ3v) is 4.72. The molecule has 22 heavy (non-hydrogen) atoms. The van der Waals surface area contributed by atoms with Gasteiger partial charge in [0, 0.05) is 50.4 Å². The number of aryl methyl sites for hydroxylation is 1. The Labute approximate surface area is 154 Å². The number of thiophene rings is 1. The summed E-state index contributed by atoms with van der Waals surface area (Å²) in [5, 5.41) is 5.59. The lowest BCUT2D eigenvalue weighted by molar-refractivity contribution is 0.459. The van der Waals surface area contributed by atoms with Crippen LogP contribution in [0.15, 0.2) is 40.8 Å². The monoisotopic (exact) mass is 432 g/mol. The minimum absolute atomic E-state index is 0. The van der Waals surface area contributed by atoms with E-state index in [0.29, 0.717) is 5.92 Å². The fraction of sp³-hybridized carbons (Fsp3) is 0.438. The number of rotatable bonds is 5. The minimum Gasteiger partial charge on any atom is -0.356 e. The Hall–Kier alpha value is -1.02. The quantitative estimate of drug-likeness (QED) is 0.446. The first kappa shape index (κ1) is 19.0. The molecule has 0 radical (unpaired) electrons. The van der Waals surface area contributed by atoms with E-state index in [1.807, 2.05) is 18.4 Å². The summed E-state index contributed by atoms with van der Waals surface area (Å²) < 4.78 is 2.14. The molecule has 0 aliphatic carbocycles. The van der Waals surface area contributed by atoms with Crippen LogP contribution in [0, 0.1) is 0 Å². The van der Waals surface area contributed by atoms with Crippen LogP contribution in [0.5, 0.6) is 0 Å². The van der Waals surface area contributed by atoms with Crippen molar-refractivity contribution in [3.05, 3.63) is 46.4 Å². The molecule has 2 aromatic heterocycles. The Kier molecular flexibility index (Phi) is 7.95. The SMILES string of the molecule is CN=C(NCC(C)c1cccs1)N(C)Cc1cccn1C.I. The molecule has 0 aliphatic rings. The van der Waals surface area contributed by atoms with Gasteiger partial charge in [-0.25, -0.2) is 0 Å². The van der Waals surface area contributed by atoms with Gasteiger partial charge in [0.05, 0.1) is 6.54 Å². The maximum Gasteiger partial charge on any atom is 0.193 e. The number of guanidine groups is 1. The van der Waals surface area contributed by atoms with Crippen molar-refractivity contribution in [1.82, 2.24) is 14.8 Å². The average Bonchev–Trinajstić information content (AvgIpc) is 3.12. The van der Waals surface area contributed by atoms with Gasteiger partial charge in [-0.15, -0.1) is 35.3 Å². The zero-order valence-electron chi connectivity index (χ0n) is 13.6. The third kappa shape index (κ3) is 5.01. The second-order valence-corrected chi connectivity index (χ2v) is 6.29. The Bertz CT molecular complexity index is 577. The summed E-state index contributed by atoms with van der Waals surface area (Å²) in [6.07, 6.45) is 2.07. The zero-order chi connectivity index (χ0) is 15.2. The molecule has 2 rings (SSSR count). The van der Waals surface area contributed by atoms with Gasteiger partial charge >= 0.3 is 0 Å². The van der Waals surface area contributed by atoms with Crippen molar-refractivity contribution in [2.24, 2.45) is 12.0 Å². The molecule has 0 spiro atoms. The summed E-state index contributed by atoms with van der Waals surface area (Å²) in [4.78, 5) is 7.93. The van der Waals surface area contributed by atoms with Crippen LogP contribution >= 0.6 is 35.3 Å². The van der Waals surface area contributed by atoms with E-state index in [-0.39, 0.29) is 24.0 Å². The average molecular weight is 432 g/mol. The van der Waals surface area contributed by atoms with E-state index >= 15 is 0 Å². The summed E-state index contributed by atoms with van der Waals surface area (Å²) in [5.74, 6) is 1.42. The Morgan fingerprint density at radius 2 is 2.18 bits per heavy atom. The number of hydrogen-bond acceptors (Lipinski definition) is 2. The molecule has 0 aromatic carbocycles. The van der Waals surface area contributed by atoms with Gasteiger partial charge in [-0.05, 0) is 23.6 Å². The van der Waals surface area contributed by atoms with Crippen LogP contribution in [0.25, 0.3) is 0 Å². The van der Waals surface area contributed by atoms with E-state index in [4.69, 9.17) is 0 Å². The highest BCUT2D eigenvalue weighted by Gasteiger charge is 2.11. The number of halogens is 1. The Morgan fingerprint density at radius 3 is 2.73 bits per heavy atom.